The Morgan fingerprint density at radius 2 is 1.81 bits per heavy atom. The molecule has 268 valence electrons. The molecule has 15 nitrogen and oxygen atoms in total. The monoisotopic (exact) mass is 684 g/mol. The van der Waals surface area contributed by atoms with Crippen molar-refractivity contribution in [3.63, 3.8) is 0 Å². The summed E-state index contributed by atoms with van der Waals surface area (Å²) in [4.78, 5) is 55.2. The summed E-state index contributed by atoms with van der Waals surface area (Å²) in [5, 5.41) is 28.3. The second kappa shape index (κ2) is 13.5. The Balaban J connectivity index is 1.23. The zero-order chi connectivity index (χ0) is 35.2. The lowest BCUT2D eigenvalue weighted by Crippen LogP contribution is -2.64. The fraction of sp³-hybridized carbons (Fsp3) is 0.750. The molecule has 5 N–H and O–H groups in total. The summed E-state index contributed by atoms with van der Waals surface area (Å²) in [6.45, 7) is 5.60. The van der Waals surface area contributed by atoms with E-state index in [1.54, 1.807) is 19.9 Å². The number of ether oxygens (including phenoxy) is 5. The molecule has 4 fully saturated rings. The van der Waals surface area contributed by atoms with Crippen molar-refractivity contribution in [2.75, 3.05) is 26.4 Å². The molecule has 0 spiro atoms. The van der Waals surface area contributed by atoms with Gasteiger partial charge < -0.3 is 34.5 Å². The first-order chi connectivity index (χ1) is 22.4. The van der Waals surface area contributed by atoms with Crippen LogP contribution < -0.4 is 5.73 Å². The molecule has 1 heterocycles. The fourth-order valence-electron chi connectivity index (χ4n) is 9.06. The third kappa shape index (κ3) is 6.44. The Hall–Kier alpha value is -2.83. The van der Waals surface area contributed by atoms with Crippen molar-refractivity contribution in [2.24, 2.45) is 34.3 Å². The van der Waals surface area contributed by atoms with E-state index < -0.39 is 89.1 Å². The van der Waals surface area contributed by atoms with Crippen LogP contribution in [0.5, 0.6) is 0 Å². The van der Waals surface area contributed by atoms with Gasteiger partial charge in [-0.05, 0) is 75.5 Å². The first kappa shape index (κ1) is 36.5. The summed E-state index contributed by atoms with van der Waals surface area (Å²) in [7, 11) is 0. The highest BCUT2D eigenvalue weighted by Gasteiger charge is 2.77. The summed E-state index contributed by atoms with van der Waals surface area (Å²) in [5.41, 5.74) is 2.56. The molecule has 4 aliphatic carbocycles. The third-order valence-electron chi connectivity index (χ3n) is 10.9. The van der Waals surface area contributed by atoms with E-state index in [0.717, 1.165) is 0 Å². The van der Waals surface area contributed by atoms with Crippen LogP contribution in [0.1, 0.15) is 59.8 Å². The molecule has 48 heavy (non-hydrogen) atoms. The van der Waals surface area contributed by atoms with Gasteiger partial charge in [-0.1, -0.05) is 19.9 Å². The van der Waals surface area contributed by atoms with Gasteiger partial charge in [0, 0.05) is 16.7 Å². The predicted octanol–water partition coefficient (Wildman–Crippen LogP) is 2.10. The smallest absolute Gasteiger partial charge is 0.464 e. The molecular formula is C32H45FN2O13. The van der Waals surface area contributed by atoms with Gasteiger partial charge in [-0.2, -0.15) is 0 Å². The molecule has 0 aromatic heterocycles. The van der Waals surface area contributed by atoms with Gasteiger partial charge >= 0.3 is 12.1 Å². The standard InChI is InChI=1S/C32H45FN2O13/c1-29(2)47-25-13-19-18-12-21(33)20-11-17(36)7-8-30(20,3)26(18)23(37)14-31(19,4)32(25,48-29)24(38)16-45-28(40)44-15-22(34)27(39)43-9-5-6-10-46-35(41)42/h7-8,11,18-19,21-23,25-26,37,41-42H,5-6,9-10,12-16,34H2,1-4H3/t18-,19?,21?,22?,23-,25+,26?,30-,31-,32+/m0/s1. The lowest BCUT2D eigenvalue weighted by atomic mass is 9.46. The average molecular weight is 685 g/mol. The van der Waals surface area contributed by atoms with Crippen LogP contribution in [0.15, 0.2) is 23.8 Å². The second-order valence-corrected chi connectivity index (χ2v) is 14.2. The number of allylic oxidation sites excluding steroid dienone is 4. The number of hydrogen-bond donors (Lipinski definition) is 4. The molecule has 5 aliphatic rings. The number of nitrogens with zero attached hydrogens (tertiary/aromatic N) is 1. The maximum absolute atomic E-state index is 15.8. The molecule has 1 saturated heterocycles. The van der Waals surface area contributed by atoms with Gasteiger partial charge in [0.05, 0.1) is 30.8 Å². The number of carbonyl (C=O) groups is 4. The van der Waals surface area contributed by atoms with Crippen molar-refractivity contribution < 1.29 is 67.6 Å². The molecule has 5 rings (SSSR count). The molecule has 0 bridgehead atoms. The van der Waals surface area contributed by atoms with Gasteiger partial charge in [0.25, 0.3) is 0 Å². The van der Waals surface area contributed by atoms with Crippen molar-refractivity contribution in [2.45, 2.75) is 95.6 Å². The lowest BCUT2D eigenvalue weighted by Gasteiger charge is -2.60. The highest BCUT2D eigenvalue weighted by molar-refractivity contribution is 6.01. The van der Waals surface area contributed by atoms with Crippen molar-refractivity contribution in [1.29, 1.82) is 0 Å². The molecule has 10 atom stereocenters. The van der Waals surface area contributed by atoms with Crippen LogP contribution >= 0.6 is 0 Å². The van der Waals surface area contributed by atoms with E-state index in [0.29, 0.717) is 24.8 Å². The molecule has 3 saturated carbocycles. The Bertz CT molecular complexity index is 1350. The van der Waals surface area contributed by atoms with Gasteiger partial charge in [-0.3, -0.25) is 29.6 Å². The summed E-state index contributed by atoms with van der Waals surface area (Å²) in [6, 6.07) is -1.33. The van der Waals surface area contributed by atoms with Gasteiger partial charge in [0.1, 0.15) is 18.8 Å². The van der Waals surface area contributed by atoms with E-state index in [1.165, 1.54) is 12.2 Å². The highest BCUT2D eigenvalue weighted by atomic mass is 19.1. The van der Waals surface area contributed by atoms with Gasteiger partial charge in [0.2, 0.25) is 5.78 Å². The number of halogens is 1. The van der Waals surface area contributed by atoms with Crippen molar-refractivity contribution in [3.8, 4) is 0 Å². The van der Waals surface area contributed by atoms with Gasteiger partial charge in [-0.15, -0.1) is 0 Å². The van der Waals surface area contributed by atoms with Crippen LogP contribution in [0.25, 0.3) is 0 Å². The molecule has 1 aliphatic heterocycles. The minimum Gasteiger partial charge on any atom is -0.464 e. The normalized spacial score (nSPS) is 38.3. The fourth-order valence-corrected chi connectivity index (χ4v) is 9.06. The third-order valence-corrected chi connectivity index (χ3v) is 10.9. The molecule has 0 aromatic carbocycles. The number of Topliss-reactive ketones (excluding diaryl/α,β-unsaturated/α-hetero) is 1. The van der Waals surface area contributed by atoms with Crippen LogP contribution in [0.4, 0.5) is 9.18 Å². The molecule has 4 unspecified atom stereocenters. The Morgan fingerprint density at radius 1 is 1.10 bits per heavy atom. The van der Waals surface area contributed by atoms with Gasteiger partial charge in [0.15, 0.2) is 23.8 Å². The number of alkyl halides is 1. The van der Waals surface area contributed by atoms with Crippen molar-refractivity contribution in [1.82, 2.24) is 5.39 Å². The quantitative estimate of drug-likeness (QED) is 0.132. The summed E-state index contributed by atoms with van der Waals surface area (Å²) >= 11 is 0. The van der Waals surface area contributed by atoms with Gasteiger partial charge in [-0.25, -0.2) is 9.18 Å². The number of esters is 1. The first-order valence-corrected chi connectivity index (χ1v) is 16.2. The van der Waals surface area contributed by atoms with E-state index in [-0.39, 0.29) is 43.7 Å². The maximum atomic E-state index is 15.8. The molecule has 0 radical (unpaired) electrons. The number of nitrogens with two attached hydrogens (primary N) is 1. The first-order valence-electron chi connectivity index (χ1n) is 16.2. The highest BCUT2D eigenvalue weighted by Crippen LogP contribution is 2.70. The molecule has 16 heteroatoms. The van der Waals surface area contributed by atoms with Crippen LogP contribution in [0, 0.1) is 28.6 Å². The molecule has 0 aromatic rings. The van der Waals surface area contributed by atoms with Crippen molar-refractivity contribution in [3.05, 3.63) is 23.8 Å². The number of ketones is 2. The van der Waals surface area contributed by atoms with E-state index in [4.69, 9.17) is 39.8 Å². The van der Waals surface area contributed by atoms with Crippen LogP contribution in [0.3, 0.4) is 0 Å². The maximum Gasteiger partial charge on any atom is 0.508 e. The summed E-state index contributed by atoms with van der Waals surface area (Å²) < 4.78 is 43.6. The van der Waals surface area contributed by atoms with E-state index >= 15 is 4.39 Å². The number of rotatable bonds is 12. The van der Waals surface area contributed by atoms with Crippen molar-refractivity contribution >= 4 is 23.7 Å². The number of fused-ring (bicyclic) bond motifs is 7. The zero-order valence-electron chi connectivity index (χ0n) is 27.5. The molecular weight excluding hydrogens is 639 g/mol. The minimum absolute atomic E-state index is 0.0286. The second-order valence-electron chi connectivity index (χ2n) is 14.2. The van der Waals surface area contributed by atoms with E-state index in [9.17, 15) is 24.3 Å². The van der Waals surface area contributed by atoms with E-state index in [2.05, 4.69) is 4.84 Å². The summed E-state index contributed by atoms with van der Waals surface area (Å²) in [5.74, 6) is -4.01. The molecule has 0 amide bonds. The lowest BCUT2D eigenvalue weighted by molar-refractivity contribution is -0.492. The van der Waals surface area contributed by atoms with Crippen LogP contribution in [-0.4, -0.2) is 107 Å². The Labute approximate surface area is 276 Å². The van der Waals surface area contributed by atoms with Crippen LogP contribution in [-0.2, 0) is 42.9 Å². The largest absolute Gasteiger partial charge is 0.508 e. The minimum atomic E-state index is -1.63. The zero-order valence-corrected chi connectivity index (χ0v) is 27.5. The van der Waals surface area contributed by atoms with E-state index in [1.807, 2.05) is 13.8 Å². The topological polar surface area (TPSA) is 214 Å². The Kier molecular flexibility index (Phi) is 10.2. The number of hydrogen-bond acceptors (Lipinski definition) is 15. The average Bonchev–Trinajstić information content (AvgIpc) is 3.42. The van der Waals surface area contributed by atoms with Crippen LogP contribution in [0.2, 0.25) is 0 Å². The predicted molar refractivity (Wildman–Crippen MR) is 158 cm³/mol. The number of aliphatic hydroxyl groups is 1. The summed E-state index contributed by atoms with van der Waals surface area (Å²) in [6.07, 6.45) is 1.25. The number of unbranched alkanes of at least 4 members (excludes halogenated alkanes) is 1. The SMILES string of the molecule is CC1(C)O[C@@H]2CC3[C@@H]4CC(F)C5=CC(=O)C=C[C@]5(C)C4[C@@H](O)C[C@]3(C)[C@]2(C(=O)COC(=O)OCC(N)C(=O)OCCCCON(O)O)O1. The number of carbonyl (C=O) groups excluding carboxylic acids is 4. The Morgan fingerprint density at radius 3 is 2.52 bits per heavy atom. The number of aliphatic hydroxyl groups excluding tert-OH is 1.